The summed E-state index contributed by atoms with van der Waals surface area (Å²) in [6.07, 6.45) is 7.39. The van der Waals surface area contributed by atoms with Crippen molar-refractivity contribution in [1.29, 1.82) is 0 Å². The number of likely N-dealkylation sites (tertiary alicyclic amines) is 1. The van der Waals surface area contributed by atoms with Crippen molar-refractivity contribution in [2.75, 3.05) is 32.5 Å². The van der Waals surface area contributed by atoms with E-state index in [4.69, 9.17) is 27.9 Å². The SMILES string of the molecule is COc1ccc2ncc(Cl)c(CCCC3(CC(=O)O)CCN(CCCSc4ccccc4Cl)CC3)c2c1. The first-order chi connectivity index (χ1) is 17.9. The molecule has 0 saturated carbocycles. The maximum absolute atomic E-state index is 11.8. The van der Waals surface area contributed by atoms with E-state index in [2.05, 4.69) is 16.0 Å². The highest BCUT2D eigenvalue weighted by Gasteiger charge is 2.36. The van der Waals surface area contributed by atoms with Crippen LogP contribution in [-0.2, 0) is 11.2 Å². The third-order valence-electron chi connectivity index (χ3n) is 7.42. The van der Waals surface area contributed by atoms with Gasteiger partial charge in [0.15, 0.2) is 0 Å². The molecule has 37 heavy (non-hydrogen) atoms. The first-order valence-electron chi connectivity index (χ1n) is 12.8. The van der Waals surface area contributed by atoms with Crippen LogP contribution in [0, 0.1) is 5.41 Å². The van der Waals surface area contributed by atoms with Crippen LogP contribution >= 0.6 is 35.0 Å². The average molecular weight is 562 g/mol. The molecule has 1 aliphatic rings. The fourth-order valence-electron chi connectivity index (χ4n) is 5.34. The molecule has 4 rings (SSSR count). The fraction of sp³-hybridized carbons (Fsp3) is 0.448. The Morgan fingerprint density at radius 2 is 1.92 bits per heavy atom. The number of carboxylic acid groups (broad SMARTS) is 1. The summed E-state index contributed by atoms with van der Waals surface area (Å²) in [5.41, 5.74) is 1.78. The van der Waals surface area contributed by atoms with Gasteiger partial charge in [-0.25, -0.2) is 0 Å². The molecule has 1 aromatic heterocycles. The molecule has 0 amide bonds. The van der Waals surface area contributed by atoms with E-state index < -0.39 is 5.97 Å². The number of thioether (sulfide) groups is 1. The Kier molecular flexibility index (Phi) is 9.99. The number of nitrogens with zero attached hydrogens (tertiary/aromatic N) is 2. The number of halogens is 2. The lowest BCUT2D eigenvalue weighted by molar-refractivity contribution is -0.140. The highest BCUT2D eigenvalue weighted by molar-refractivity contribution is 7.99. The monoisotopic (exact) mass is 560 g/mol. The minimum atomic E-state index is -0.707. The number of benzene rings is 2. The number of aromatic nitrogens is 1. The number of aliphatic carboxylic acids is 1. The number of piperidine rings is 1. The molecule has 3 aromatic rings. The number of carboxylic acids is 1. The van der Waals surface area contributed by atoms with E-state index in [1.807, 2.05) is 36.4 Å². The Morgan fingerprint density at radius 3 is 2.65 bits per heavy atom. The van der Waals surface area contributed by atoms with Gasteiger partial charge in [0.1, 0.15) is 5.75 Å². The second-order valence-corrected chi connectivity index (χ2v) is 11.8. The molecule has 1 saturated heterocycles. The third-order valence-corrected chi connectivity index (χ3v) is 9.35. The maximum Gasteiger partial charge on any atom is 0.303 e. The maximum atomic E-state index is 11.8. The second kappa shape index (κ2) is 13.2. The van der Waals surface area contributed by atoms with Gasteiger partial charge >= 0.3 is 5.97 Å². The Hall–Kier alpha value is -1.99. The van der Waals surface area contributed by atoms with Gasteiger partial charge in [-0.2, -0.15) is 0 Å². The Bertz CT molecular complexity index is 1210. The van der Waals surface area contributed by atoms with Crippen LogP contribution in [0.1, 0.15) is 44.1 Å². The number of ether oxygens (including phenoxy) is 1. The van der Waals surface area contributed by atoms with Gasteiger partial charge in [-0.05, 0) is 105 Å². The number of rotatable bonds is 12. The molecule has 1 aliphatic heterocycles. The van der Waals surface area contributed by atoms with E-state index in [0.29, 0.717) is 5.02 Å². The molecule has 2 heterocycles. The van der Waals surface area contributed by atoms with Crippen molar-refractivity contribution in [1.82, 2.24) is 9.88 Å². The number of carbonyl (C=O) groups is 1. The zero-order chi connectivity index (χ0) is 26.3. The molecule has 0 aliphatic carbocycles. The Morgan fingerprint density at radius 1 is 1.14 bits per heavy atom. The second-order valence-electron chi connectivity index (χ2n) is 9.87. The van der Waals surface area contributed by atoms with Gasteiger partial charge < -0.3 is 14.7 Å². The summed E-state index contributed by atoms with van der Waals surface area (Å²) in [5, 5.41) is 12.2. The van der Waals surface area contributed by atoms with Gasteiger partial charge in [0.25, 0.3) is 0 Å². The predicted molar refractivity (Wildman–Crippen MR) is 153 cm³/mol. The molecule has 0 bridgehead atoms. The number of fused-ring (bicyclic) bond motifs is 1. The van der Waals surface area contributed by atoms with E-state index in [1.165, 1.54) is 0 Å². The van der Waals surface area contributed by atoms with Crippen LogP contribution in [0.2, 0.25) is 10.0 Å². The number of pyridine rings is 1. The van der Waals surface area contributed by atoms with E-state index in [-0.39, 0.29) is 11.8 Å². The van der Waals surface area contributed by atoms with Crippen LogP contribution in [0.3, 0.4) is 0 Å². The molecule has 0 atom stereocenters. The van der Waals surface area contributed by atoms with Crippen molar-refractivity contribution in [3.63, 3.8) is 0 Å². The summed E-state index contributed by atoms with van der Waals surface area (Å²) < 4.78 is 5.40. The first-order valence-corrected chi connectivity index (χ1v) is 14.6. The normalized spacial score (nSPS) is 15.6. The molecule has 198 valence electrons. The van der Waals surface area contributed by atoms with Crippen LogP contribution in [0.4, 0.5) is 0 Å². The zero-order valence-electron chi connectivity index (χ0n) is 21.2. The van der Waals surface area contributed by atoms with Crippen molar-refractivity contribution in [3.05, 3.63) is 64.3 Å². The van der Waals surface area contributed by atoms with Gasteiger partial charge in [-0.15, -0.1) is 11.8 Å². The topological polar surface area (TPSA) is 62.7 Å². The minimum Gasteiger partial charge on any atom is -0.497 e. The quantitative estimate of drug-likeness (QED) is 0.181. The van der Waals surface area contributed by atoms with Crippen molar-refractivity contribution in [2.45, 2.75) is 49.8 Å². The number of methoxy groups -OCH3 is 1. The Labute approximate surface area is 233 Å². The largest absolute Gasteiger partial charge is 0.497 e. The van der Waals surface area contributed by atoms with Crippen molar-refractivity contribution in [2.24, 2.45) is 5.41 Å². The molecular formula is C29H34Cl2N2O3S. The van der Waals surface area contributed by atoms with Gasteiger partial charge in [0.2, 0.25) is 0 Å². The molecule has 0 radical (unpaired) electrons. The summed E-state index contributed by atoms with van der Waals surface area (Å²) >= 11 is 14.6. The standard InChI is InChI=1S/C29H34Cl2N2O3S/c1-36-21-9-10-26-23(18-21)22(25(31)20-32-26)6-4-11-29(19-28(34)35)12-15-33(16-13-29)14-5-17-37-27-8-3-2-7-24(27)30/h2-3,7-10,18,20H,4-6,11-17,19H2,1H3,(H,34,35). The molecular weight excluding hydrogens is 527 g/mol. The number of hydrogen-bond acceptors (Lipinski definition) is 5. The lowest BCUT2D eigenvalue weighted by Gasteiger charge is -2.41. The smallest absolute Gasteiger partial charge is 0.303 e. The van der Waals surface area contributed by atoms with E-state index in [1.54, 1.807) is 25.1 Å². The van der Waals surface area contributed by atoms with Gasteiger partial charge in [0, 0.05) is 16.5 Å². The summed E-state index contributed by atoms with van der Waals surface area (Å²) in [7, 11) is 1.65. The first kappa shape index (κ1) is 28.0. The van der Waals surface area contributed by atoms with E-state index in [9.17, 15) is 9.90 Å². The Balaban J connectivity index is 1.31. The van der Waals surface area contributed by atoms with E-state index >= 15 is 0 Å². The van der Waals surface area contributed by atoms with Gasteiger partial charge in [-0.3, -0.25) is 9.78 Å². The van der Waals surface area contributed by atoms with Crippen LogP contribution in [0.25, 0.3) is 10.9 Å². The van der Waals surface area contributed by atoms with Crippen molar-refractivity contribution >= 4 is 51.8 Å². The molecule has 1 fully saturated rings. The fourth-order valence-corrected chi connectivity index (χ4v) is 6.76. The lowest BCUT2D eigenvalue weighted by atomic mass is 9.72. The van der Waals surface area contributed by atoms with Crippen LogP contribution in [0.15, 0.2) is 53.6 Å². The summed E-state index contributed by atoms with van der Waals surface area (Å²) in [4.78, 5) is 19.8. The average Bonchev–Trinajstić information content (AvgIpc) is 2.89. The molecule has 0 spiro atoms. The lowest BCUT2D eigenvalue weighted by Crippen LogP contribution is -2.41. The number of aryl methyl sites for hydroxylation is 1. The summed E-state index contributed by atoms with van der Waals surface area (Å²) in [5.74, 6) is 1.09. The van der Waals surface area contributed by atoms with Gasteiger partial charge in [-0.1, -0.05) is 35.3 Å². The van der Waals surface area contributed by atoms with Crippen molar-refractivity contribution in [3.8, 4) is 5.75 Å². The highest BCUT2D eigenvalue weighted by atomic mass is 35.5. The number of hydrogen-bond donors (Lipinski definition) is 1. The highest BCUT2D eigenvalue weighted by Crippen LogP contribution is 2.41. The van der Waals surface area contributed by atoms with E-state index in [0.717, 1.165) is 96.0 Å². The zero-order valence-corrected chi connectivity index (χ0v) is 23.5. The molecule has 8 heteroatoms. The predicted octanol–water partition coefficient (Wildman–Crippen LogP) is 7.61. The van der Waals surface area contributed by atoms with Crippen molar-refractivity contribution < 1.29 is 14.6 Å². The molecule has 5 nitrogen and oxygen atoms in total. The van der Waals surface area contributed by atoms with Crippen LogP contribution < -0.4 is 4.74 Å². The molecule has 0 unspecified atom stereocenters. The summed E-state index contributed by atoms with van der Waals surface area (Å²) in [6.45, 7) is 2.92. The van der Waals surface area contributed by atoms with Crippen LogP contribution in [-0.4, -0.2) is 53.5 Å². The molecule has 1 N–H and O–H groups in total. The molecule has 2 aromatic carbocycles. The third kappa shape index (κ3) is 7.53. The van der Waals surface area contributed by atoms with Crippen LogP contribution in [0.5, 0.6) is 5.75 Å². The van der Waals surface area contributed by atoms with Gasteiger partial charge in [0.05, 0.1) is 29.1 Å². The minimum absolute atomic E-state index is 0.165. The summed E-state index contributed by atoms with van der Waals surface area (Å²) in [6, 6.07) is 13.8.